The van der Waals surface area contributed by atoms with Crippen LogP contribution in [0.5, 0.6) is 11.5 Å². The number of carbonyl (C=O) groups excluding carboxylic acids is 5. The lowest BCUT2D eigenvalue weighted by Crippen LogP contribution is -2.09. The average molecular weight is 813 g/mol. The fourth-order valence-electron chi connectivity index (χ4n) is 5.83. The zero-order valence-electron chi connectivity index (χ0n) is 33.9. The Morgan fingerprint density at radius 3 is 1.33 bits per heavy atom. The first-order valence-corrected chi connectivity index (χ1v) is 19.7. The molecule has 0 aliphatic heterocycles. The predicted octanol–water partition coefficient (Wildman–Crippen LogP) is 9.55. The predicted molar refractivity (Wildman–Crippen MR) is 233 cm³/mol. The molecule has 0 saturated carbocycles. The largest absolute Gasteiger partial charge is 0.493 e. The summed E-state index contributed by atoms with van der Waals surface area (Å²) in [4.78, 5) is 60.3. The van der Waals surface area contributed by atoms with Crippen LogP contribution >= 0.6 is 0 Å². The number of hydrogen-bond donors (Lipinski definition) is 0. The van der Waals surface area contributed by atoms with Crippen molar-refractivity contribution in [2.24, 2.45) is 0 Å². The van der Waals surface area contributed by atoms with Crippen LogP contribution in [0, 0.1) is 23.7 Å². The second kappa shape index (κ2) is 23.0. The molecule has 0 N–H and O–H groups in total. The van der Waals surface area contributed by atoms with E-state index in [0.717, 1.165) is 40.0 Å². The van der Waals surface area contributed by atoms with Crippen LogP contribution in [0.15, 0.2) is 141 Å². The van der Waals surface area contributed by atoms with Crippen LogP contribution in [0.3, 0.4) is 0 Å². The normalized spacial score (nSPS) is 10.1. The summed E-state index contributed by atoms with van der Waals surface area (Å²) in [7, 11) is 1.49. The molecule has 0 unspecified atom stereocenters. The molecule has 0 aliphatic carbocycles. The molecule has 0 amide bonds. The molecule has 5 aromatic rings. The lowest BCUT2D eigenvalue weighted by molar-refractivity contribution is -0.138. The summed E-state index contributed by atoms with van der Waals surface area (Å²) in [6.45, 7) is 7.22. The monoisotopic (exact) mass is 812 g/mol. The van der Waals surface area contributed by atoms with Crippen LogP contribution in [0.4, 0.5) is 0 Å². The highest BCUT2D eigenvalue weighted by Crippen LogP contribution is 2.29. The van der Waals surface area contributed by atoms with E-state index in [1.165, 1.54) is 7.11 Å². The SMILES string of the molecule is C=CC(=O)OCCCCC(=O)c1ccc(C#Cc2ccc(-c3ccc(C(=O)Oc4ccc(C#Cc5ccc(C(=O)CCCCOC(=O)C=C)cc5)cc4OC)cc3)cc2)cc1. The fourth-order valence-corrected chi connectivity index (χ4v) is 5.83. The van der Waals surface area contributed by atoms with Gasteiger partial charge in [-0.05, 0) is 104 Å². The lowest BCUT2D eigenvalue weighted by Gasteiger charge is -2.10. The van der Waals surface area contributed by atoms with Gasteiger partial charge in [0, 0.05) is 58.4 Å². The zero-order valence-corrected chi connectivity index (χ0v) is 33.9. The minimum atomic E-state index is -0.541. The Hall–Kier alpha value is -7.75. The molecule has 0 heterocycles. The molecule has 9 nitrogen and oxygen atoms in total. The summed E-state index contributed by atoms with van der Waals surface area (Å²) in [6.07, 6.45) is 5.37. The third kappa shape index (κ3) is 14.0. The molecular formula is C52H44O9. The second-order valence-electron chi connectivity index (χ2n) is 13.6. The molecular weight excluding hydrogens is 769 g/mol. The van der Waals surface area contributed by atoms with E-state index in [4.69, 9.17) is 18.9 Å². The number of carbonyl (C=O) groups is 5. The Morgan fingerprint density at radius 1 is 0.492 bits per heavy atom. The van der Waals surface area contributed by atoms with Crippen LogP contribution in [-0.2, 0) is 19.1 Å². The van der Waals surface area contributed by atoms with Gasteiger partial charge in [-0.1, -0.05) is 85.4 Å². The number of unbranched alkanes of at least 4 members (excludes halogenated alkanes) is 2. The Morgan fingerprint density at radius 2 is 0.885 bits per heavy atom. The molecule has 0 spiro atoms. The number of rotatable bonds is 18. The molecule has 5 rings (SSSR count). The molecule has 0 aliphatic rings. The average Bonchev–Trinajstić information content (AvgIpc) is 3.30. The number of hydrogen-bond acceptors (Lipinski definition) is 9. The summed E-state index contributed by atoms with van der Waals surface area (Å²) in [6, 6.07) is 34.2. The molecule has 0 bridgehead atoms. The maximum atomic E-state index is 13.1. The van der Waals surface area contributed by atoms with Gasteiger partial charge in [0.1, 0.15) is 0 Å². The molecule has 9 heteroatoms. The van der Waals surface area contributed by atoms with Crippen molar-refractivity contribution in [3.63, 3.8) is 0 Å². The lowest BCUT2D eigenvalue weighted by atomic mass is 10.0. The first-order valence-electron chi connectivity index (χ1n) is 19.7. The van der Waals surface area contributed by atoms with Gasteiger partial charge in [-0.3, -0.25) is 9.59 Å². The molecule has 306 valence electrons. The van der Waals surface area contributed by atoms with E-state index in [9.17, 15) is 24.0 Å². The zero-order chi connectivity index (χ0) is 43.4. The van der Waals surface area contributed by atoms with Crippen molar-refractivity contribution < 1.29 is 42.9 Å². The first kappa shape index (κ1) is 44.4. The van der Waals surface area contributed by atoms with Crippen LogP contribution in [-0.4, -0.2) is 49.8 Å². The second-order valence-corrected chi connectivity index (χ2v) is 13.6. The summed E-state index contributed by atoms with van der Waals surface area (Å²) in [5, 5.41) is 0. The molecule has 0 atom stereocenters. The number of esters is 3. The Labute approximate surface area is 356 Å². The van der Waals surface area contributed by atoms with Gasteiger partial charge in [-0.15, -0.1) is 0 Å². The summed E-state index contributed by atoms with van der Waals surface area (Å²) < 4.78 is 21.1. The highest BCUT2D eigenvalue weighted by atomic mass is 16.6. The molecule has 5 aromatic carbocycles. The third-order valence-electron chi connectivity index (χ3n) is 9.24. The Balaban J connectivity index is 1.10. The van der Waals surface area contributed by atoms with E-state index in [1.54, 1.807) is 66.7 Å². The molecule has 0 aromatic heterocycles. The van der Waals surface area contributed by atoms with Gasteiger partial charge < -0.3 is 18.9 Å². The number of ketones is 2. The highest BCUT2D eigenvalue weighted by Gasteiger charge is 2.14. The quantitative estimate of drug-likeness (QED) is 0.0213. The number of ether oxygens (including phenoxy) is 4. The first-order chi connectivity index (χ1) is 29.6. The van der Waals surface area contributed by atoms with Crippen LogP contribution in [0.1, 0.15) is 91.9 Å². The van der Waals surface area contributed by atoms with Crippen molar-refractivity contribution in [3.05, 3.63) is 180 Å². The molecule has 61 heavy (non-hydrogen) atoms. The smallest absolute Gasteiger partial charge is 0.343 e. The van der Waals surface area contributed by atoms with Crippen molar-refractivity contribution in [2.75, 3.05) is 20.3 Å². The maximum Gasteiger partial charge on any atom is 0.343 e. The standard InChI is InChI=1S/C52H44O9/c1-4-50(55)59-34-8-6-10-46(53)43-25-18-38(19-26-43)13-12-37-16-23-41(24-17-37)42-29-31-45(32-30-42)52(57)61-48-33-22-40(36-49(48)58-3)15-14-39-20-27-44(28-21-39)47(54)11-7-9-35-60-51(56)5-2/h4-5,16-33,36H,1-2,6-11,34-35H2,3H3. The van der Waals surface area contributed by atoms with Gasteiger partial charge in [-0.25, -0.2) is 14.4 Å². The minimum Gasteiger partial charge on any atom is -0.493 e. The molecule has 0 saturated heterocycles. The number of methoxy groups -OCH3 is 1. The third-order valence-corrected chi connectivity index (χ3v) is 9.24. The van der Waals surface area contributed by atoms with E-state index >= 15 is 0 Å². The maximum absolute atomic E-state index is 13.1. The van der Waals surface area contributed by atoms with Gasteiger partial charge in [-0.2, -0.15) is 0 Å². The van der Waals surface area contributed by atoms with Crippen LogP contribution < -0.4 is 9.47 Å². The topological polar surface area (TPSA) is 122 Å². The Bertz CT molecular complexity index is 2490. The van der Waals surface area contributed by atoms with E-state index in [2.05, 4.69) is 36.8 Å². The van der Waals surface area contributed by atoms with Crippen LogP contribution in [0.25, 0.3) is 11.1 Å². The van der Waals surface area contributed by atoms with E-state index < -0.39 is 17.9 Å². The van der Waals surface area contributed by atoms with Crippen molar-refractivity contribution in [1.82, 2.24) is 0 Å². The van der Waals surface area contributed by atoms with Crippen molar-refractivity contribution in [2.45, 2.75) is 38.5 Å². The highest BCUT2D eigenvalue weighted by molar-refractivity contribution is 5.96. The van der Waals surface area contributed by atoms with E-state index in [0.29, 0.717) is 66.5 Å². The number of Topliss-reactive ketones (excluding diaryl/α,β-unsaturated/α-hetero) is 2. The van der Waals surface area contributed by atoms with Gasteiger partial charge in [0.25, 0.3) is 0 Å². The van der Waals surface area contributed by atoms with E-state index in [-0.39, 0.29) is 30.5 Å². The van der Waals surface area contributed by atoms with Gasteiger partial charge in [0.15, 0.2) is 23.1 Å². The Kier molecular flexibility index (Phi) is 16.7. The van der Waals surface area contributed by atoms with Gasteiger partial charge in [0.2, 0.25) is 0 Å². The van der Waals surface area contributed by atoms with Gasteiger partial charge >= 0.3 is 17.9 Å². The van der Waals surface area contributed by atoms with Crippen molar-refractivity contribution in [3.8, 4) is 46.3 Å². The minimum absolute atomic E-state index is 0.00241. The molecule has 0 radical (unpaired) electrons. The van der Waals surface area contributed by atoms with E-state index in [1.807, 2.05) is 48.5 Å². The fraction of sp³-hybridized carbons (Fsp3) is 0.173. The summed E-state index contributed by atoms with van der Waals surface area (Å²) in [5.41, 5.74) is 6.41. The summed E-state index contributed by atoms with van der Waals surface area (Å²) in [5.74, 6) is 11.6. The van der Waals surface area contributed by atoms with Crippen LogP contribution in [0.2, 0.25) is 0 Å². The summed E-state index contributed by atoms with van der Waals surface area (Å²) >= 11 is 0. The van der Waals surface area contributed by atoms with Crippen molar-refractivity contribution in [1.29, 1.82) is 0 Å². The van der Waals surface area contributed by atoms with Crippen molar-refractivity contribution >= 4 is 29.5 Å². The molecule has 0 fully saturated rings. The van der Waals surface area contributed by atoms with Gasteiger partial charge in [0.05, 0.1) is 25.9 Å². The number of benzene rings is 5.